The average molecular weight is 224 g/mol. The van der Waals surface area contributed by atoms with Crippen LogP contribution in [0, 0.1) is 11.8 Å². The molecule has 2 atom stereocenters. The van der Waals surface area contributed by atoms with Crippen molar-refractivity contribution in [2.45, 2.75) is 66.7 Å². The summed E-state index contributed by atoms with van der Waals surface area (Å²) in [5.74, 6) is 0.950. The molecule has 0 spiro atoms. The van der Waals surface area contributed by atoms with Crippen molar-refractivity contribution in [2.75, 3.05) is 0 Å². The third kappa shape index (κ3) is 6.09. The molecule has 0 aromatic rings. The summed E-state index contributed by atoms with van der Waals surface area (Å²) in [5, 5.41) is 0. The van der Waals surface area contributed by atoms with Crippen LogP contribution in [0.25, 0.3) is 0 Å². The third-order valence-corrected chi connectivity index (χ3v) is 3.22. The van der Waals surface area contributed by atoms with Crippen molar-refractivity contribution >= 4 is 5.78 Å². The molecule has 0 aliphatic rings. The molecule has 0 radical (unpaired) electrons. The lowest BCUT2D eigenvalue weighted by atomic mass is 9.86. The molecular weight excluding hydrogens is 196 g/mol. The largest absolute Gasteiger partial charge is 0.299 e. The second-order valence-corrected chi connectivity index (χ2v) is 5.07. The number of allylic oxidation sites excluding steroid dienone is 2. The fourth-order valence-corrected chi connectivity index (χ4v) is 1.81. The average Bonchev–Trinajstić information content (AvgIpc) is 2.27. The van der Waals surface area contributed by atoms with Crippen LogP contribution in [0.4, 0.5) is 0 Å². The summed E-state index contributed by atoms with van der Waals surface area (Å²) in [6.45, 7) is 10.5. The Bertz CT molecular complexity index is 224. The van der Waals surface area contributed by atoms with E-state index in [0.717, 1.165) is 19.3 Å². The Kier molecular flexibility index (Phi) is 8.23. The summed E-state index contributed by atoms with van der Waals surface area (Å²) in [4.78, 5) is 12.2. The van der Waals surface area contributed by atoms with Gasteiger partial charge < -0.3 is 0 Å². The Morgan fingerprint density at radius 3 is 2.31 bits per heavy atom. The first-order valence-corrected chi connectivity index (χ1v) is 6.69. The second kappa shape index (κ2) is 8.55. The molecule has 0 aliphatic heterocycles. The van der Waals surface area contributed by atoms with Gasteiger partial charge in [-0.1, -0.05) is 45.3 Å². The molecular formula is C15H28O. The van der Waals surface area contributed by atoms with Gasteiger partial charge >= 0.3 is 0 Å². The normalized spacial score (nSPS) is 14.3. The van der Waals surface area contributed by atoms with Gasteiger partial charge in [0.25, 0.3) is 0 Å². The molecule has 0 fully saturated rings. The molecule has 2 unspecified atom stereocenters. The SMILES string of the molecule is CCCCC(CC=C(C)C)C(=O)C(C)CC. The summed E-state index contributed by atoms with van der Waals surface area (Å²) >= 11 is 0. The Morgan fingerprint density at radius 1 is 1.25 bits per heavy atom. The van der Waals surface area contributed by atoms with Crippen molar-refractivity contribution in [3.63, 3.8) is 0 Å². The van der Waals surface area contributed by atoms with Crippen molar-refractivity contribution in [2.24, 2.45) is 11.8 Å². The van der Waals surface area contributed by atoms with Crippen molar-refractivity contribution in [1.29, 1.82) is 0 Å². The molecule has 0 bridgehead atoms. The topological polar surface area (TPSA) is 17.1 Å². The minimum absolute atomic E-state index is 0.229. The van der Waals surface area contributed by atoms with Gasteiger partial charge in [0.15, 0.2) is 0 Å². The predicted octanol–water partition coefficient (Wildman–Crippen LogP) is 4.76. The number of rotatable bonds is 8. The molecule has 0 aromatic heterocycles. The minimum Gasteiger partial charge on any atom is -0.299 e. The highest BCUT2D eigenvalue weighted by atomic mass is 16.1. The van der Waals surface area contributed by atoms with E-state index in [1.165, 1.54) is 18.4 Å². The Balaban J connectivity index is 4.40. The molecule has 0 saturated heterocycles. The van der Waals surface area contributed by atoms with Crippen molar-refractivity contribution in [3.05, 3.63) is 11.6 Å². The maximum absolute atomic E-state index is 12.2. The van der Waals surface area contributed by atoms with Crippen LogP contribution in [-0.4, -0.2) is 5.78 Å². The van der Waals surface area contributed by atoms with Crippen LogP contribution in [0.2, 0.25) is 0 Å². The monoisotopic (exact) mass is 224 g/mol. The van der Waals surface area contributed by atoms with Crippen molar-refractivity contribution in [1.82, 2.24) is 0 Å². The molecule has 0 heterocycles. The predicted molar refractivity (Wildman–Crippen MR) is 71.5 cm³/mol. The summed E-state index contributed by atoms with van der Waals surface area (Å²) in [5.41, 5.74) is 1.32. The van der Waals surface area contributed by atoms with Crippen LogP contribution in [0.15, 0.2) is 11.6 Å². The van der Waals surface area contributed by atoms with Gasteiger partial charge in [-0.15, -0.1) is 0 Å². The van der Waals surface area contributed by atoms with Crippen LogP contribution >= 0.6 is 0 Å². The van der Waals surface area contributed by atoms with E-state index in [0.29, 0.717) is 5.78 Å². The Hall–Kier alpha value is -0.590. The zero-order chi connectivity index (χ0) is 12.6. The zero-order valence-electron chi connectivity index (χ0n) is 11.7. The van der Waals surface area contributed by atoms with Gasteiger partial charge in [0, 0.05) is 11.8 Å². The molecule has 0 aliphatic carbocycles. The van der Waals surface area contributed by atoms with E-state index in [1.807, 2.05) is 0 Å². The first-order valence-electron chi connectivity index (χ1n) is 6.69. The molecule has 16 heavy (non-hydrogen) atoms. The number of unbranched alkanes of at least 4 members (excludes halogenated alkanes) is 1. The quantitative estimate of drug-likeness (QED) is 0.543. The van der Waals surface area contributed by atoms with Crippen LogP contribution < -0.4 is 0 Å². The van der Waals surface area contributed by atoms with E-state index in [2.05, 4.69) is 40.7 Å². The van der Waals surface area contributed by atoms with Gasteiger partial charge in [-0.3, -0.25) is 4.79 Å². The number of hydrogen-bond donors (Lipinski definition) is 0. The van der Waals surface area contributed by atoms with E-state index in [9.17, 15) is 4.79 Å². The van der Waals surface area contributed by atoms with Crippen LogP contribution in [0.5, 0.6) is 0 Å². The molecule has 0 rings (SSSR count). The highest BCUT2D eigenvalue weighted by molar-refractivity contribution is 5.83. The highest BCUT2D eigenvalue weighted by Crippen LogP contribution is 2.21. The van der Waals surface area contributed by atoms with Gasteiger partial charge in [0.2, 0.25) is 0 Å². The Morgan fingerprint density at radius 2 is 1.88 bits per heavy atom. The smallest absolute Gasteiger partial charge is 0.139 e. The van der Waals surface area contributed by atoms with Gasteiger partial charge in [-0.25, -0.2) is 0 Å². The molecule has 1 nitrogen and oxygen atoms in total. The van der Waals surface area contributed by atoms with Crippen LogP contribution in [0.1, 0.15) is 66.7 Å². The van der Waals surface area contributed by atoms with E-state index < -0.39 is 0 Å². The van der Waals surface area contributed by atoms with Crippen molar-refractivity contribution in [3.8, 4) is 0 Å². The molecule has 1 heteroatoms. The lowest BCUT2D eigenvalue weighted by Gasteiger charge is -2.17. The van der Waals surface area contributed by atoms with E-state index in [1.54, 1.807) is 0 Å². The number of hydrogen-bond acceptors (Lipinski definition) is 1. The van der Waals surface area contributed by atoms with E-state index in [-0.39, 0.29) is 11.8 Å². The first kappa shape index (κ1) is 15.4. The fourth-order valence-electron chi connectivity index (χ4n) is 1.81. The molecule has 94 valence electrons. The first-order chi connectivity index (χ1) is 7.52. The minimum atomic E-state index is 0.229. The van der Waals surface area contributed by atoms with Gasteiger partial charge in [0.1, 0.15) is 5.78 Å². The molecule has 0 N–H and O–H groups in total. The maximum Gasteiger partial charge on any atom is 0.139 e. The lowest BCUT2D eigenvalue weighted by molar-refractivity contribution is -0.126. The van der Waals surface area contributed by atoms with Crippen LogP contribution in [-0.2, 0) is 4.79 Å². The number of Topliss-reactive ketones (excluding diaryl/α,β-unsaturated/α-hetero) is 1. The summed E-state index contributed by atoms with van der Waals surface area (Å²) in [6, 6.07) is 0. The standard InChI is InChI=1S/C15H28O/c1-6-8-9-14(11-10-12(3)4)15(16)13(5)7-2/h10,13-14H,6-9,11H2,1-5H3. The number of carbonyl (C=O) groups is 1. The summed E-state index contributed by atoms with van der Waals surface area (Å²) < 4.78 is 0. The molecule has 0 saturated carbocycles. The number of ketones is 1. The summed E-state index contributed by atoms with van der Waals surface area (Å²) in [6.07, 6.45) is 7.52. The molecule has 0 aromatic carbocycles. The van der Waals surface area contributed by atoms with Gasteiger partial charge in [-0.05, 0) is 33.1 Å². The number of carbonyl (C=O) groups excluding carboxylic acids is 1. The molecule has 0 amide bonds. The third-order valence-electron chi connectivity index (χ3n) is 3.22. The van der Waals surface area contributed by atoms with Crippen molar-refractivity contribution < 1.29 is 4.79 Å². The Labute approximate surface area is 101 Å². The maximum atomic E-state index is 12.2. The van der Waals surface area contributed by atoms with E-state index in [4.69, 9.17) is 0 Å². The van der Waals surface area contributed by atoms with Crippen LogP contribution in [0.3, 0.4) is 0 Å². The lowest BCUT2D eigenvalue weighted by Crippen LogP contribution is -2.21. The highest BCUT2D eigenvalue weighted by Gasteiger charge is 2.21. The zero-order valence-corrected chi connectivity index (χ0v) is 11.7. The summed E-state index contributed by atoms with van der Waals surface area (Å²) in [7, 11) is 0. The second-order valence-electron chi connectivity index (χ2n) is 5.07. The van der Waals surface area contributed by atoms with Gasteiger partial charge in [0.05, 0.1) is 0 Å². The van der Waals surface area contributed by atoms with Gasteiger partial charge in [-0.2, -0.15) is 0 Å². The fraction of sp³-hybridized carbons (Fsp3) is 0.800. The van der Waals surface area contributed by atoms with E-state index >= 15 is 0 Å².